The van der Waals surface area contributed by atoms with Crippen LogP contribution >= 0.6 is 11.8 Å². The molecule has 1 unspecified atom stereocenters. The van der Waals surface area contributed by atoms with Crippen molar-refractivity contribution in [2.24, 2.45) is 0 Å². The van der Waals surface area contributed by atoms with Crippen molar-refractivity contribution in [2.75, 3.05) is 31.1 Å². The van der Waals surface area contributed by atoms with Gasteiger partial charge in [-0.2, -0.15) is 11.8 Å². The number of thioether (sulfide) groups is 1. The van der Waals surface area contributed by atoms with Crippen LogP contribution in [0.1, 0.15) is 19.3 Å². The second-order valence-corrected chi connectivity index (χ2v) is 5.83. The highest BCUT2D eigenvalue weighted by Crippen LogP contribution is 2.23. The van der Waals surface area contributed by atoms with Gasteiger partial charge in [0.2, 0.25) is 11.8 Å². The van der Waals surface area contributed by atoms with E-state index in [1.165, 1.54) is 0 Å². The van der Waals surface area contributed by atoms with Crippen molar-refractivity contribution in [3.05, 3.63) is 12.7 Å². The van der Waals surface area contributed by atoms with Crippen LogP contribution in [0.2, 0.25) is 0 Å². The highest BCUT2D eigenvalue weighted by molar-refractivity contribution is 7.99. The average Bonchev–Trinajstić information content (AvgIpc) is 2.82. The molecule has 18 heavy (non-hydrogen) atoms. The van der Waals surface area contributed by atoms with Crippen molar-refractivity contribution in [2.45, 2.75) is 25.3 Å². The molecule has 0 bridgehead atoms. The van der Waals surface area contributed by atoms with Crippen LogP contribution in [0.3, 0.4) is 0 Å². The third-order valence-electron chi connectivity index (χ3n) is 3.51. The van der Waals surface area contributed by atoms with Gasteiger partial charge in [0.05, 0.1) is 0 Å². The summed E-state index contributed by atoms with van der Waals surface area (Å²) in [5.41, 5.74) is 0. The highest BCUT2D eigenvalue weighted by Gasteiger charge is 2.38. The number of fused-ring (bicyclic) bond motifs is 1. The fourth-order valence-electron chi connectivity index (χ4n) is 2.58. The first-order valence-corrected chi connectivity index (χ1v) is 7.66. The summed E-state index contributed by atoms with van der Waals surface area (Å²) < 4.78 is 0. The number of hydrogen-bond acceptors (Lipinski definition) is 3. The molecule has 0 radical (unpaired) electrons. The Morgan fingerprint density at radius 1 is 1.39 bits per heavy atom. The molecule has 5 heteroatoms. The van der Waals surface area contributed by atoms with Gasteiger partial charge in [0.15, 0.2) is 0 Å². The van der Waals surface area contributed by atoms with Crippen molar-refractivity contribution in [3.63, 3.8) is 0 Å². The molecule has 100 valence electrons. The van der Waals surface area contributed by atoms with Crippen LogP contribution in [0.4, 0.5) is 0 Å². The van der Waals surface area contributed by atoms with E-state index in [2.05, 4.69) is 6.58 Å². The van der Waals surface area contributed by atoms with Crippen molar-refractivity contribution < 1.29 is 9.59 Å². The third-order valence-corrected chi connectivity index (χ3v) is 4.45. The van der Waals surface area contributed by atoms with Gasteiger partial charge in [-0.25, -0.2) is 0 Å². The molecule has 2 heterocycles. The van der Waals surface area contributed by atoms with E-state index in [1.807, 2.05) is 11.0 Å². The van der Waals surface area contributed by atoms with Crippen molar-refractivity contribution in [1.82, 2.24) is 9.80 Å². The van der Waals surface area contributed by atoms with Gasteiger partial charge in [-0.3, -0.25) is 9.59 Å². The summed E-state index contributed by atoms with van der Waals surface area (Å²) in [4.78, 5) is 27.9. The minimum Gasteiger partial charge on any atom is -0.340 e. The van der Waals surface area contributed by atoms with E-state index in [9.17, 15) is 9.59 Å². The van der Waals surface area contributed by atoms with Crippen LogP contribution in [0, 0.1) is 0 Å². The summed E-state index contributed by atoms with van der Waals surface area (Å²) in [6, 6.07) is -0.176. The van der Waals surface area contributed by atoms with Crippen molar-refractivity contribution in [1.29, 1.82) is 0 Å². The second kappa shape index (κ2) is 6.27. The van der Waals surface area contributed by atoms with E-state index >= 15 is 0 Å². The maximum Gasteiger partial charge on any atom is 0.245 e. The van der Waals surface area contributed by atoms with Crippen LogP contribution in [-0.2, 0) is 9.59 Å². The number of carbonyl (C=O) groups excluding carboxylic acids is 2. The topological polar surface area (TPSA) is 40.6 Å². The predicted molar refractivity (Wildman–Crippen MR) is 73.5 cm³/mol. The lowest BCUT2D eigenvalue weighted by Gasteiger charge is -2.25. The Bertz CT molecular complexity index is 346. The second-order valence-electron chi connectivity index (χ2n) is 4.68. The molecule has 1 atom stereocenters. The lowest BCUT2D eigenvalue weighted by molar-refractivity contribution is -0.139. The van der Waals surface area contributed by atoms with Gasteiger partial charge < -0.3 is 9.80 Å². The van der Waals surface area contributed by atoms with E-state index < -0.39 is 0 Å². The van der Waals surface area contributed by atoms with Gasteiger partial charge in [-0.05, 0) is 12.8 Å². The number of hydrogen-bond donors (Lipinski definition) is 0. The van der Waals surface area contributed by atoms with Crippen molar-refractivity contribution >= 4 is 23.6 Å². The SMILES string of the molecule is C=CCSCCN1CCC(=O)N2CCCC2C1=O. The van der Waals surface area contributed by atoms with Crippen LogP contribution in [0.15, 0.2) is 12.7 Å². The van der Waals surface area contributed by atoms with Crippen LogP contribution < -0.4 is 0 Å². The Labute approximate surface area is 112 Å². The zero-order chi connectivity index (χ0) is 13.0. The van der Waals surface area contributed by atoms with Crippen molar-refractivity contribution in [3.8, 4) is 0 Å². The average molecular weight is 268 g/mol. The molecular formula is C13H20N2O2S. The molecular weight excluding hydrogens is 248 g/mol. The Morgan fingerprint density at radius 2 is 2.22 bits per heavy atom. The molecule has 0 saturated carbocycles. The van der Waals surface area contributed by atoms with Crippen LogP contribution in [-0.4, -0.2) is 58.8 Å². The van der Waals surface area contributed by atoms with Gasteiger partial charge in [0.25, 0.3) is 0 Å². The summed E-state index contributed by atoms with van der Waals surface area (Å²) in [6.45, 7) is 5.76. The van der Waals surface area contributed by atoms with Gasteiger partial charge in [-0.1, -0.05) is 6.08 Å². The number of rotatable bonds is 5. The fourth-order valence-corrected chi connectivity index (χ4v) is 3.26. The van der Waals surface area contributed by atoms with Gasteiger partial charge in [-0.15, -0.1) is 6.58 Å². The lowest BCUT2D eigenvalue weighted by atomic mass is 10.2. The van der Waals surface area contributed by atoms with E-state index in [0.717, 1.165) is 37.4 Å². The first-order chi connectivity index (χ1) is 8.74. The maximum atomic E-state index is 12.3. The van der Waals surface area contributed by atoms with Crippen LogP contribution in [0.25, 0.3) is 0 Å². The summed E-state index contributed by atoms with van der Waals surface area (Å²) in [5, 5.41) is 0. The molecule has 2 saturated heterocycles. The third kappa shape index (κ3) is 2.88. The summed E-state index contributed by atoms with van der Waals surface area (Å²) in [7, 11) is 0. The summed E-state index contributed by atoms with van der Waals surface area (Å²) in [5.74, 6) is 2.12. The molecule has 0 spiro atoms. The zero-order valence-corrected chi connectivity index (χ0v) is 11.5. The first-order valence-electron chi connectivity index (χ1n) is 6.51. The molecule has 0 aromatic carbocycles. The monoisotopic (exact) mass is 268 g/mol. The molecule has 2 rings (SSSR count). The molecule has 0 N–H and O–H groups in total. The zero-order valence-electron chi connectivity index (χ0n) is 10.6. The number of nitrogens with zero attached hydrogens (tertiary/aromatic N) is 2. The van der Waals surface area contributed by atoms with Gasteiger partial charge >= 0.3 is 0 Å². The van der Waals surface area contributed by atoms with E-state index in [4.69, 9.17) is 0 Å². The first kappa shape index (κ1) is 13.5. The molecule has 2 amide bonds. The minimum absolute atomic E-state index is 0.145. The minimum atomic E-state index is -0.176. The molecule has 0 aliphatic carbocycles. The Balaban J connectivity index is 1.92. The quantitative estimate of drug-likeness (QED) is 0.554. The fraction of sp³-hybridized carbons (Fsp3) is 0.692. The molecule has 0 aromatic heterocycles. The Kier molecular flexibility index (Phi) is 4.69. The van der Waals surface area contributed by atoms with E-state index in [0.29, 0.717) is 13.0 Å². The summed E-state index contributed by atoms with van der Waals surface area (Å²) >= 11 is 1.77. The smallest absolute Gasteiger partial charge is 0.245 e. The lowest BCUT2D eigenvalue weighted by Crippen LogP contribution is -2.44. The Morgan fingerprint density at radius 3 is 3.00 bits per heavy atom. The van der Waals surface area contributed by atoms with E-state index in [1.54, 1.807) is 16.7 Å². The van der Waals surface area contributed by atoms with Gasteiger partial charge in [0, 0.05) is 37.6 Å². The number of amides is 2. The molecule has 4 nitrogen and oxygen atoms in total. The molecule has 2 fully saturated rings. The Hall–Kier alpha value is -0.970. The predicted octanol–water partition coefficient (Wildman–Crippen LogP) is 1.13. The maximum absolute atomic E-state index is 12.3. The standard InChI is InChI=1S/C13H20N2O2S/c1-2-9-18-10-8-14-7-5-12(16)15-6-3-4-11(15)13(14)17/h2,11H,1,3-10H2. The largest absolute Gasteiger partial charge is 0.340 e. The molecule has 2 aliphatic heterocycles. The van der Waals surface area contributed by atoms with E-state index in [-0.39, 0.29) is 17.9 Å². The molecule has 0 aromatic rings. The number of carbonyl (C=O) groups is 2. The van der Waals surface area contributed by atoms with Crippen LogP contribution in [0.5, 0.6) is 0 Å². The normalized spacial score (nSPS) is 24.1. The highest BCUT2D eigenvalue weighted by atomic mass is 32.2. The summed E-state index contributed by atoms with van der Waals surface area (Å²) in [6.07, 6.45) is 4.15. The molecule has 2 aliphatic rings. The van der Waals surface area contributed by atoms with Gasteiger partial charge in [0.1, 0.15) is 6.04 Å².